The molecule has 0 atom stereocenters. The molecule has 112 valence electrons. The second-order valence-electron chi connectivity index (χ2n) is 5.76. The van der Waals surface area contributed by atoms with Crippen LogP contribution in [0.15, 0.2) is 24.3 Å². The first-order chi connectivity index (χ1) is 10.2. The molecule has 0 unspecified atom stereocenters. The van der Waals surface area contributed by atoms with Crippen LogP contribution in [0.2, 0.25) is 0 Å². The van der Waals surface area contributed by atoms with Gasteiger partial charge in [0.2, 0.25) is 5.91 Å². The Hall–Kier alpha value is -2.04. The molecule has 3 rings (SSSR count). The highest BCUT2D eigenvalue weighted by Crippen LogP contribution is 2.26. The van der Waals surface area contributed by atoms with Gasteiger partial charge in [-0.3, -0.25) is 9.69 Å². The van der Waals surface area contributed by atoms with E-state index < -0.39 is 0 Å². The minimum atomic E-state index is -0.0780. The van der Waals surface area contributed by atoms with Crippen molar-refractivity contribution in [1.82, 2.24) is 5.32 Å². The van der Waals surface area contributed by atoms with E-state index in [0.717, 1.165) is 37.1 Å². The summed E-state index contributed by atoms with van der Waals surface area (Å²) in [4.78, 5) is 25.6. The molecule has 21 heavy (non-hydrogen) atoms. The number of hydrogen-bond donors (Lipinski definition) is 2. The zero-order chi connectivity index (χ0) is 14.7. The molecule has 1 aromatic rings. The standard InChI is InChI=1S/C16H21N3O2/c20-15(12-5-2-1-3-6-12)18-13-7-4-8-14(11-13)19-10-9-17-16(19)21/h4,7-8,11-12H,1-3,5-6,9-10H2,(H,17,21)(H,18,20). The van der Waals surface area contributed by atoms with Crippen molar-refractivity contribution >= 4 is 23.3 Å². The minimum absolute atomic E-state index is 0.0780. The smallest absolute Gasteiger partial charge is 0.321 e. The summed E-state index contributed by atoms with van der Waals surface area (Å²) < 4.78 is 0. The molecule has 3 amide bonds. The van der Waals surface area contributed by atoms with E-state index in [-0.39, 0.29) is 17.9 Å². The van der Waals surface area contributed by atoms with Gasteiger partial charge in [-0.25, -0.2) is 4.79 Å². The molecule has 5 nitrogen and oxygen atoms in total. The van der Waals surface area contributed by atoms with Gasteiger partial charge in [0.1, 0.15) is 0 Å². The molecule has 1 aliphatic carbocycles. The number of amides is 3. The van der Waals surface area contributed by atoms with E-state index in [2.05, 4.69) is 10.6 Å². The Morgan fingerprint density at radius 2 is 2.05 bits per heavy atom. The molecular formula is C16H21N3O2. The molecule has 0 bridgehead atoms. The Bertz CT molecular complexity index is 538. The van der Waals surface area contributed by atoms with Crippen LogP contribution in [0.1, 0.15) is 32.1 Å². The molecule has 1 saturated carbocycles. The highest BCUT2D eigenvalue weighted by molar-refractivity contribution is 5.96. The third-order valence-electron chi connectivity index (χ3n) is 4.26. The first-order valence-electron chi connectivity index (χ1n) is 7.70. The lowest BCUT2D eigenvalue weighted by atomic mass is 9.88. The number of anilines is 2. The van der Waals surface area contributed by atoms with E-state index >= 15 is 0 Å². The highest BCUT2D eigenvalue weighted by atomic mass is 16.2. The number of carbonyl (C=O) groups excluding carboxylic acids is 2. The first kappa shape index (κ1) is 13.9. The number of hydrogen-bond acceptors (Lipinski definition) is 2. The molecule has 0 aromatic heterocycles. The summed E-state index contributed by atoms with van der Waals surface area (Å²) in [5, 5.41) is 5.77. The summed E-state index contributed by atoms with van der Waals surface area (Å²) in [6.45, 7) is 1.33. The van der Waals surface area contributed by atoms with Gasteiger partial charge in [0.05, 0.1) is 0 Å². The summed E-state index contributed by atoms with van der Waals surface area (Å²) in [6, 6.07) is 7.42. The van der Waals surface area contributed by atoms with E-state index in [1.807, 2.05) is 24.3 Å². The Labute approximate surface area is 124 Å². The normalized spacial score (nSPS) is 19.4. The SMILES string of the molecule is O=C(Nc1cccc(N2CCNC2=O)c1)C1CCCCC1. The summed E-state index contributed by atoms with van der Waals surface area (Å²) in [7, 11) is 0. The summed E-state index contributed by atoms with van der Waals surface area (Å²) in [5.41, 5.74) is 1.59. The van der Waals surface area contributed by atoms with Crippen molar-refractivity contribution < 1.29 is 9.59 Å². The largest absolute Gasteiger partial charge is 0.336 e. The molecular weight excluding hydrogens is 266 g/mol. The Morgan fingerprint density at radius 1 is 1.24 bits per heavy atom. The average Bonchev–Trinajstić information content (AvgIpc) is 2.94. The number of carbonyl (C=O) groups is 2. The van der Waals surface area contributed by atoms with Gasteiger partial charge >= 0.3 is 6.03 Å². The number of nitrogens with one attached hydrogen (secondary N) is 2. The van der Waals surface area contributed by atoms with Crippen LogP contribution in [0, 0.1) is 5.92 Å². The fraction of sp³-hybridized carbons (Fsp3) is 0.500. The predicted octanol–water partition coefficient (Wildman–Crippen LogP) is 2.74. The van der Waals surface area contributed by atoms with Crippen LogP contribution in [0.25, 0.3) is 0 Å². The van der Waals surface area contributed by atoms with Gasteiger partial charge in [0, 0.05) is 30.4 Å². The van der Waals surface area contributed by atoms with Crippen molar-refractivity contribution in [2.45, 2.75) is 32.1 Å². The van der Waals surface area contributed by atoms with Crippen LogP contribution in [-0.4, -0.2) is 25.0 Å². The van der Waals surface area contributed by atoms with Gasteiger partial charge in [-0.05, 0) is 31.0 Å². The van der Waals surface area contributed by atoms with E-state index in [1.165, 1.54) is 6.42 Å². The van der Waals surface area contributed by atoms with Gasteiger partial charge < -0.3 is 10.6 Å². The highest BCUT2D eigenvalue weighted by Gasteiger charge is 2.23. The zero-order valence-electron chi connectivity index (χ0n) is 12.1. The maximum absolute atomic E-state index is 12.3. The minimum Gasteiger partial charge on any atom is -0.336 e. The quantitative estimate of drug-likeness (QED) is 0.898. The molecule has 0 spiro atoms. The molecule has 1 saturated heterocycles. The molecule has 1 heterocycles. The van der Waals surface area contributed by atoms with Gasteiger partial charge in [0.25, 0.3) is 0 Å². The molecule has 1 aliphatic heterocycles. The van der Waals surface area contributed by atoms with Gasteiger partial charge in [-0.1, -0.05) is 25.3 Å². The predicted molar refractivity (Wildman–Crippen MR) is 82.4 cm³/mol. The van der Waals surface area contributed by atoms with Crippen LogP contribution in [0.4, 0.5) is 16.2 Å². The van der Waals surface area contributed by atoms with Crippen molar-refractivity contribution in [3.05, 3.63) is 24.3 Å². The van der Waals surface area contributed by atoms with Crippen LogP contribution in [-0.2, 0) is 4.79 Å². The van der Waals surface area contributed by atoms with Crippen LogP contribution >= 0.6 is 0 Å². The third-order valence-corrected chi connectivity index (χ3v) is 4.26. The number of urea groups is 1. The van der Waals surface area contributed by atoms with E-state index in [9.17, 15) is 9.59 Å². The van der Waals surface area contributed by atoms with Crippen molar-refractivity contribution in [2.75, 3.05) is 23.3 Å². The maximum Gasteiger partial charge on any atom is 0.321 e. The fourth-order valence-corrected chi connectivity index (χ4v) is 3.08. The van der Waals surface area contributed by atoms with E-state index in [4.69, 9.17) is 0 Å². The number of nitrogens with zero attached hydrogens (tertiary/aromatic N) is 1. The monoisotopic (exact) mass is 287 g/mol. The Balaban J connectivity index is 1.68. The van der Waals surface area contributed by atoms with Crippen molar-refractivity contribution in [3.63, 3.8) is 0 Å². The number of benzene rings is 1. The lowest BCUT2D eigenvalue weighted by molar-refractivity contribution is -0.120. The van der Waals surface area contributed by atoms with Gasteiger partial charge in [-0.2, -0.15) is 0 Å². The van der Waals surface area contributed by atoms with Crippen molar-refractivity contribution in [1.29, 1.82) is 0 Å². The lowest BCUT2D eigenvalue weighted by Gasteiger charge is -2.21. The van der Waals surface area contributed by atoms with Crippen LogP contribution in [0.3, 0.4) is 0 Å². The van der Waals surface area contributed by atoms with E-state index in [0.29, 0.717) is 13.1 Å². The van der Waals surface area contributed by atoms with Gasteiger partial charge in [0.15, 0.2) is 0 Å². The third kappa shape index (κ3) is 3.17. The molecule has 1 aromatic carbocycles. The second-order valence-corrected chi connectivity index (χ2v) is 5.76. The van der Waals surface area contributed by atoms with Gasteiger partial charge in [-0.15, -0.1) is 0 Å². The molecule has 5 heteroatoms. The Kier molecular flexibility index (Phi) is 4.08. The molecule has 2 fully saturated rings. The topological polar surface area (TPSA) is 61.4 Å². The lowest BCUT2D eigenvalue weighted by Crippen LogP contribution is -2.28. The second kappa shape index (κ2) is 6.16. The van der Waals surface area contributed by atoms with E-state index in [1.54, 1.807) is 4.90 Å². The number of rotatable bonds is 3. The van der Waals surface area contributed by atoms with Crippen molar-refractivity contribution in [3.8, 4) is 0 Å². The first-order valence-corrected chi connectivity index (χ1v) is 7.70. The fourth-order valence-electron chi connectivity index (χ4n) is 3.08. The summed E-state index contributed by atoms with van der Waals surface area (Å²) in [5.74, 6) is 0.246. The van der Waals surface area contributed by atoms with Crippen molar-refractivity contribution in [2.24, 2.45) is 5.92 Å². The maximum atomic E-state index is 12.3. The van der Waals surface area contributed by atoms with Crippen LogP contribution in [0.5, 0.6) is 0 Å². The van der Waals surface area contributed by atoms with Crippen LogP contribution < -0.4 is 15.5 Å². The summed E-state index contributed by atoms with van der Waals surface area (Å²) >= 11 is 0. The molecule has 2 aliphatic rings. The Morgan fingerprint density at radius 3 is 2.76 bits per heavy atom. The molecule has 2 N–H and O–H groups in total. The average molecular weight is 287 g/mol. The zero-order valence-corrected chi connectivity index (χ0v) is 12.1. The summed E-state index contributed by atoms with van der Waals surface area (Å²) in [6.07, 6.45) is 5.50. The molecule has 0 radical (unpaired) electrons.